The third-order valence-corrected chi connectivity index (χ3v) is 6.67. The van der Waals surface area contributed by atoms with Crippen LogP contribution in [0.1, 0.15) is 30.6 Å². The van der Waals surface area contributed by atoms with Gasteiger partial charge in [0.25, 0.3) is 0 Å². The minimum absolute atomic E-state index is 0.279. The average molecular weight is 372 g/mol. The number of methoxy groups -OCH3 is 1. The van der Waals surface area contributed by atoms with Gasteiger partial charge in [0, 0.05) is 24.0 Å². The van der Waals surface area contributed by atoms with Crippen LogP contribution in [0.2, 0.25) is 0 Å². The summed E-state index contributed by atoms with van der Waals surface area (Å²) in [5.41, 5.74) is 1.32. The molecule has 3 heterocycles. The molecule has 1 N–H and O–H groups in total. The molecule has 2 aliphatic heterocycles. The van der Waals surface area contributed by atoms with Crippen LogP contribution in [0.4, 0.5) is 0 Å². The van der Waals surface area contributed by atoms with Crippen molar-refractivity contribution in [1.82, 2.24) is 15.2 Å². The Morgan fingerprint density at radius 2 is 2.08 bits per heavy atom. The molecule has 0 aliphatic carbocycles. The van der Waals surface area contributed by atoms with Crippen LogP contribution < -0.4 is 10.1 Å². The number of para-hydroxylation sites is 1. The molecule has 2 aromatic rings. The summed E-state index contributed by atoms with van der Waals surface area (Å²) in [4.78, 5) is 20.2. The number of rotatable bonds is 4. The number of likely N-dealkylation sites (tertiary alicyclic amines) is 1. The summed E-state index contributed by atoms with van der Waals surface area (Å²) >= 11 is 1.65. The zero-order valence-corrected chi connectivity index (χ0v) is 16.0. The quantitative estimate of drug-likeness (QED) is 0.896. The van der Waals surface area contributed by atoms with E-state index in [9.17, 15) is 4.79 Å². The molecule has 0 bridgehead atoms. The molecule has 4 rings (SSSR count). The number of ether oxygens (including phenoxy) is 1. The van der Waals surface area contributed by atoms with Gasteiger partial charge in [-0.15, -0.1) is 11.3 Å². The predicted molar refractivity (Wildman–Crippen MR) is 103 cm³/mol. The first kappa shape index (κ1) is 17.5. The summed E-state index contributed by atoms with van der Waals surface area (Å²) in [5.74, 6) is 1.11. The number of thiazole rings is 1. The summed E-state index contributed by atoms with van der Waals surface area (Å²) in [5, 5.41) is 4.38. The molecule has 138 valence electrons. The van der Waals surface area contributed by atoms with E-state index in [0.29, 0.717) is 18.4 Å². The Hall–Kier alpha value is -1.92. The van der Waals surface area contributed by atoms with E-state index in [0.717, 1.165) is 47.3 Å². The highest BCUT2D eigenvalue weighted by Crippen LogP contribution is 2.39. The summed E-state index contributed by atoms with van der Waals surface area (Å²) in [6, 6.07) is 7.93. The molecule has 5 nitrogen and oxygen atoms in total. The summed E-state index contributed by atoms with van der Waals surface area (Å²) in [7, 11) is 1.68. The van der Waals surface area contributed by atoms with Crippen LogP contribution >= 0.6 is 11.3 Å². The van der Waals surface area contributed by atoms with E-state index in [2.05, 4.69) is 10.3 Å². The first-order valence-corrected chi connectivity index (χ1v) is 10.1. The molecular formula is C20H25N3O2S. The number of nitrogens with zero attached hydrogens (tertiary/aromatic N) is 2. The third-order valence-electron chi connectivity index (χ3n) is 5.65. The van der Waals surface area contributed by atoms with Gasteiger partial charge >= 0.3 is 0 Å². The zero-order valence-electron chi connectivity index (χ0n) is 15.2. The van der Waals surface area contributed by atoms with E-state index in [1.54, 1.807) is 18.4 Å². The molecule has 1 amide bonds. The largest absolute Gasteiger partial charge is 0.496 e. The van der Waals surface area contributed by atoms with Gasteiger partial charge < -0.3 is 15.0 Å². The van der Waals surface area contributed by atoms with Crippen LogP contribution in [0, 0.1) is 5.41 Å². The second-order valence-electron chi connectivity index (χ2n) is 7.33. The van der Waals surface area contributed by atoms with E-state index in [4.69, 9.17) is 4.74 Å². The van der Waals surface area contributed by atoms with Gasteiger partial charge in [-0.2, -0.15) is 0 Å². The van der Waals surface area contributed by atoms with Crippen LogP contribution in [0.25, 0.3) is 10.6 Å². The second kappa shape index (κ2) is 7.37. The molecule has 2 aliphatic rings. The normalized spacial score (nSPS) is 19.7. The Morgan fingerprint density at radius 3 is 2.88 bits per heavy atom. The highest BCUT2D eigenvalue weighted by Gasteiger charge is 2.39. The lowest BCUT2D eigenvalue weighted by Gasteiger charge is -2.45. The number of amides is 1. The van der Waals surface area contributed by atoms with Crippen LogP contribution in [0.15, 0.2) is 30.5 Å². The van der Waals surface area contributed by atoms with Crippen molar-refractivity contribution in [1.29, 1.82) is 0 Å². The monoisotopic (exact) mass is 371 g/mol. The van der Waals surface area contributed by atoms with Gasteiger partial charge in [-0.05, 0) is 49.9 Å². The molecule has 0 atom stereocenters. The number of nitrogens with one attached hydrogen (secondary N) is 1. The van der Waals surface area contributed by atoms with E-state index < -0.39 is 0 Å². The number of carbonyl (C=O) groups excluding carboxylic acids is 1. The lowest BCUT2D eigenvalue weighted by molar-refractivity contribution is -0.139. The Balaban J connectivity index is 1.50. The standard InChI is InChI=1S/C20H25N3O2S/c1-25-17-5-3-2-4-16(17)19-22-12-15(26-19)13-23-14-20(7-6-18(23)24)8-10-21-11-9-20/h2-5,12,21H,6-11,13-14H2,1H3. The van der Waals surface area contributed by atoms with Crippen molar-refractivity contribution in [3.05, 3.63) is 35.3 Å². The predicted octanol–water partition coefficient (Wildman–Crippen LogP) is 3.31. The van der Waals surface area contributed by atoms with Gasteiger partial charge in [0.1, 0.15) is 10.8 Å². The number of hydrogen-bond acceptors (Lipinski definition) is 5. The summed E-state index contributed by atoms with van der Waals surface area (Å²) < 4.78 is 5.45. The molecule has 0 saturated carbocycles. The molecule has 1 aromatic carbocycles. The third kappa shape index (κ3) is 3.48. The fraction of sp³-hybridized carbons (Fsp3) is 0.500. The average Bonchev–Trinajstić information content (AvgIpc) is 3.14. The van der Waals surface area contributed by atoms with Crippen LogP contribution in [-0.2, 0) is 11.3 Å². The van der Waals surface area contributed by atoms with Crippen molar-refractivity contribution in [2.45, 2.75) is 32.2 Å². The molecule has 1 spiro atoms. The Morgan fingerprint density at radius 1 is 1.27 bits per heavy atom. The molecule has 2 fully saturated rings. The van der Waals surface area contributed by atoms with Gasteiger partial charge in [0.15, 0.2) is 0 Å². The summed E-state index contributed by atoms with van der Waals surface area (Å²) in [6.07, 6.45) is 5.97. The molecule has 26 heavy (non-hydrogen) atoms. The maximum atomic E-state index is 12.5. The Bertz CT molecular complexity index is 783. The molecule has 6 heteroatoms. The lowest BCUT2D eigenvalue weighted by Crippen LogP contribution is -2.50. The van der Waals surface area contributed by atoms with Crippen molar-refractivity contribution in [3.63, 3.8) is 0 Å². The number of carbonyl (C=O) groups is 1. The first-order valence-electron chi connectivity index (χ1n) is 9.26. The topological polar surface area (TPSA) is 54.5 Å². The van der Waals surface area contributed by atoms with Gasteiger partial charge in [0.2, 0.25) is 5.91 Å². The smallest absolute Gasteiger partial charge is 0.222 e. The lowest BCUT2D eigenvalue weighted by atomic mass is 9.73. The highest BCUT2D eigenvalue weighted by atomic mass is 32.1. The van der Waals surface area contributed by atoms with Crippen molar-refractivity contribution >= 4 is 17.2 Å². The maximum absolute atomic E-state index is 12.5. The molecule has 0 unspecified atom stereocenters. The van der Waals surface area contributed by atoms with Crippen molar-refractivity contribution < 1.29 is 9.53 Å². The van der Waals surface area contributed by atoms with Gasteiger partial charge in [0.05, 0.1) is 19.2 Å². The van der Waals surface area contributed by atoms with E-state index in [1.807, 2.05) is 35.4 Å². The fourth-order valence-corrected chi connectivity index (χ4v) is 5.08. The van der Waals surface area contributed by atoms with E-state index in [1.165, 1.54) is 12.8 Å². The Kier molecular flexibility index (Phi) is 4.96. The molecule has 2 saturated heterocycles. The molecular weight excluding hydrogens is 346 g/mol. The molecule has 1 aromatic heterocycles. The van der Waals surface area contributed by atoms with E-state index >= 15 is 0 Å². The first-order chi connectivity index (χ1) is 12.7. The van der Waals surface area contributed by atoms with Crippen LogP contribution in [0.3, 0.4) is 0 Å². The number of hydrogen-bond donors (Lipinski definition) is 1. The Labute approximate surface area is 158 Å². The maximum Gasteiger partial charge on any atom is 0.222 e. The fourth-order valence-electron chi connectivity index (χ4n) is 4.13. The van der Waals surface area contributed by atoms with Crippen LogP contribution in [0.5, 0.6) is 5.75 Å². The number of piperidine rings is 2. The van der Waals surface area contributed by atoms with Crippen LogP contribution in [-0.4, -0.2) is 42.5 Å². The van der Waals surface area contributed by atoms with E-state index in [-0.39, 0.29) is 5.91 Å². The molecule has 0 radical (unpaired) electrons. The van der Waals surface area contributed by atoms with Gasteiger partial charge in [-0.3, -0.25) is 4.79 Å². The minimum atomic E-state index is 0.279. The number of aromatic nitrogens is 1. The summed E-state index contributed by atoms with van der Waals surface area (Å²) in [6.45, 7) is 3.69. The van der Waals surface area contributed by atoms with Crippen molar-refractivity contribution in [2.24, 2.45) is 5.41 Å². The van der Waals surface area contributed by atoms with Crippen molar-refractivity contribution in [3.8, 4) is 16.3 Å². The second-order valence-corrected chi connectivity index (χ2v) is 8.45. The zero-order chi connectivity index (χ0) is 18.0. The minimum Gasteiger partial charge on any atom is -0.496 e. The number of benzene rings is 1. The van der Waals surface area contributed by atoms with Crippen molar-refractivity contribution in [2.75, 3.05) is 26.7 Å². The SMILES string of the molecule is COc1ccccc1-c1ncc(CN2CC3(CCNCC3)CCC2=O)s1. The van der Waals surface area contributed by atoms with Gasteiger partial charge in [-0.25, -0.2) is 4.98 Å². The van der Waals surface area contributed by atoms with Gasteiger partial charge in [-0.1, -0.05) is 12.1 Å². The highest BCUT2D eigenvalue weighted by molar-refractivity contribution is 7.15.